The third kappa shape index (κ3) is 5.20. The molecule has 0 aromatic carbocycles. The summed E-state index contributed by atoms with van der Waals surface area (Å²) in [6.07, 6.45) is 6.30. The molecular weight excluding hydrogens is 416 g/mol. The number of aryl methyl sites for hydroxylation is 1. The SMILES string of the molecule is CC(=O)c1ccc(-c2nnc(CCC(=O)N3CCCC[C@H]3CCN3CCCC3=O)o2)s1. The minimum absolute atomic E-state index is 0.00627. The third-order valence-corrected chi connectivity index (χ3v) is 7.21. The van der Waals surface area contributed by atoms with Gasteiger partial charge in [0.25, 0.3) is 5.89 Å². The molecule has 2 aromatic rings. The van der Waals surface area contributed by atoms with Gasteiger partial charge in [0, 0.05) is 44.9 Å². The lowest BCUT2D eigenvalue weighted by Crippen LogP contribution is -2.45. The molecule has 2 amide bonds. The van der Waals surface area contributed by atoms with Crippen molar-refractivity contribution in [1.82, 2.24) is 20.0 Å². The van der Waals surface area contributed by atoms with Crippen molar-refractivity contribution in [3.05, 3.63) is 22.9 Å². The lowest BCUT2D eigenvalue weighted by atomic mass is 9.98. The average Bonchev–Trinajstić information content (AvgIpc) is 3.51. The largest absolute Gasteiger partial charge is 0.420 e. The monoisotopic (exact) mass is 444 g/mol. The van der Waals surface area contributed by atoms with Gasteiger partial charge in [-0.25, -0.2) is 0 Å². The Bertz CT molecular complexity index is 953. The van der Waals surface area contributed by atoms with E-state index in [4.69, 9.17) is 4.42 Å². The number of hydrogen-bond acceptors (Lipinski definition) is 7. The number of thiophene rings is 1. The molecule has 4 heterocycles. The number of carbonyl (C=O) groups excluding carboxylic acids is 3. The van der Waals surface area contributed by atoms with Gasteiger partial charge in [0.05, 0.1) is 9.75 Å². The molecule has 0 N–H and O–H groups in total. The molecule has 4 rings (SSSR count). The van der Waals surface area contributed by atoms with Crippen molar-refractivity contribution in [2.45, 2.75) is 64.3 Å². The van der Waals surface area contributed by atoms with E-state index < -0.39 is 0 Å². The molecular formula is C22H28N4O4S. The van der Waals surface area contributed by atoms with Crippen LogP contribution in [0.3, 0.4) is 0 Å². The highest BCUT2D eigenvalue weighted by Gasteiger charge is 2.28. The van der Waals surface area contributed by atoms with Crippen LogP contribution in [-0.2, 0) is 16.0 Å². The van der Waals surface area contributed by atoms with E-state index in [1.54, 1.807) is 12.1 Å². The molecule has 31 heavy (non-hydrogen) atoms. The fourth-order valence-electron chi connectivity index (χ4n) is 4.33. The number of carbonyl (C=O) groups is 3. The van der Waals surface area contributed by atoms with Gasteiger partial charge in [-0.3, -0.25) is 14.4 Å². The number of likely N-dealkylation sites (tertiary alicyclic amines) is 2. The number of nitrogens with zero attached hydrogens (tertiary/aromatic N) is 4. The van der Waals surface area contributed by atoms with Crippen LogP contribution in [0.15, 0.2) is 16.5 Å². The highest BCUT2D eigenvalue weighted by atomic mass is 32.1. The smallest absolute Gasteiger partial charge is 0.257 e. The summed E-state index contributed by atoms with van der Waals surface area (Å²) in [5.41, 5.74) is 0. The molecule has 2 aromatic heterocycles. The fourth-order valence-corrected chi connectivity index (χ4v) is 5.15. The Morgan fingerprint density at radius 1 is 1.19 bits per heavy atom. The Hall–Kier alpha value is -2.55. The Balaban J connectivity index is 1.31. The molecule has 2 saturated heterocycles. The molecule has 2 aliphatic rings. The number of rotatable bonds is 8. The van der Waals surface area contributed by atoms with Gasteiger partial charge >= 0.3 is 0 Å². The van der Waals surface area contributed by atoms with Crippen molar-refractivity contribution in [3.8, 4) is 10.8 Å². The Morgan fingerprint density at radius 2 is 2.06 bits per heavy atom. The molecule has 0 aliphatic carbocycles. The first-order valence-electron chi connectivity index (χ1n) is 11.0. The predicted molar refractivity (Wildman–Crippen MR) is 116 cm³/mol. The van der Waals surface area contributed by atoms with E-state index in [0.717, 1.165) is 56.6 Å². The summed E-state index contributed by atoms with van der Waals surface area (Å²) >= 11 is 1.32. The molecule has 8 nitrogen and oxygen atoms in total. The van der Waals surface area contributed by atoms with Crippen molar-refractivity contribution in [1.29, 1.82) is 0 Å². The lowest BCUT2D eigenvalue weighted by molar-refractivity contribution is -0.135. The summed E-state index contributed by atoms with van der Waals surface area (Å²) in [5, 5.41) is 8.14. The van der Waals surface area contributed by atoms with Crippen LogP contribution >= 0.6 is 11.3 Å². The van der Waals surface area contributed by atoms with Crippen LogP contribution in [0.4, 0.5) is 0 Å². The second-order valence-corrected chi connectivity index (χ2v) is 9.31. The first-order valence-corrected chi connectivity index (χ1v) is 11.8. The maximum Gasteiger partial charge on any atom is 0.257 e. The van der Waals surface area contributed by atoms with E-state index in [2.05, 4.69) is 10.2 Å². The van der Waals surface area contributed by atoms with Gasteiger partial charge in [0.15, 0.2) is 5.78 Å². The van der Waals surface area contributed by atoms with Gasteiger partial charge in [0.2, 0.25) is 17.7 Å². The zero-order valence-corrected chi connectivity index (χ0v) is 18.7. The summed E-state index contributed by atoms with van der Waals surface area (Å²) < 4.78 is 5.72. The summed E-state index contributed by atoms with van der Waals surface area (Å²) in [6.45, 7) is 3.88. The van der Waals surface area contributed by atoms with Gasteiger partial charge in [-0.05, 0) is 51.2 Å². The normalized spacial score (nSPS) is 19.3. The summed E-state index contributed by atoms with van der Waals surface area (Å²) in [4.78, 5) is 41.6. The van der Waals surface area contributed by atoms with Gasteiger partial charge in [-0.15, -0.1) is 21.5 Å². The lowest BCUT2D eigenvalue weighted by Gasteiger charge is -2.36. The minimum atomic E-state index is 0.00627. The molecule has 9 heteroatoms. The standard InChI is InChI=1S/C22H28N4O4S/c1-15(27)17-7-8-18(31-17)22-24-23-19(30-22)9-10-21(29)26-13-3-2-5-16(26)11-14-25-12-4-6-20(25)28/h7-8,16H,2-6,9-14H2,1H3/t16-/m0/s1. The van der Waals surface area contributed by atoms with Gasteiger partial charge in [0.1, 0.15) is 0 Å². The summed E-state index contributed by atoms with van der Waals surface area (Å²) in [6, 6.07) is 3.75. The van der Waals surface area contributed by atoms with Crippen molar-refractivity contribution in [3.63, 3.8) is 0 Å². The van der Waals surface area contributed by atoms with Crippen LogP contribution in [0, 0.1) is 0 Å². The number of hydrogen-bond donors (Lipinski definition) is 0. The Labute approximate surface area is 185 Å². The molecule has 0 radical (unpaired) electrons. The van der Waals surface area contributed by atoms with Gasteiger partial charge < -0.3 is 14.2 Å². The Kier molecular flexibility index (Phi) is 6.80. The van der Waals surface area contributed by atoms with Crippen LogP contribution in [-0.4, -0.2) is 63.3 Å². The van der Waals surface area contributed by atoms with Crippen LogP contribution in [0.2, 0.25) is 0 Å². The second kappa shape index (κ2) is 9.72. The maximum atomic E-state index is 12.9. The van der Waals surface area contributed by atoms with E-state index in [9.17, 15) is 14.4 Å². The molecule has 2 aliphatic heterocycles. The first kappa shape index (κ1) is 21.7. The second-order valence-electron chi connectivity index (χ2n) is 8.23. The molecule has 0 unspecified atom stereocenters. The summed E-state index contributed by atoms with van der Waals surface area (Å²) in [7, 11) is 0. The topological polar surface area (TPSA) is 96.6 Å². The molecule has 0 bridgehead atoms. The van der Waals surface area contributed by atoms with Crippen molar-refractivity contribution in [2.75, 3.05) is 19.6 Å². The van der Waals surface area contributed by atoms with Crippen LogP contribution < -0.4 is 0 Å². The van der Waals surface area contributed by atoms with Crippen molar-refractivity contribution >= 4 is 28.9 Å². The van der Waals surface area contributed by atoms with Crippen molar-refractivity contribution < 1.29 is 18.8 Å². The quantitative estimate of drug-likeness (QED) is 0.580. The predicted octanol–water partition coefficient (Wildman–Crippen LogP) is 3.33. The van der Waals surface area contributed by atoms with Crippen LogP contribution in [0.25, 0.3) is 10.8 Å². The van der Waals surface area contributed by atoms with E-state index in [0.29, 0.717) is 35.9 Å². The minimum Gasteiger partial charge on any atom is -0.420 e. The zero-order chi connectivity index (χ0) is 21.8. The molecule has 0 saturated carbocycles. The Morgan fingerprint density at radius 3 is 2.81 bits per heavy atom. The number of amides is 2. The highest BCUT2D eigenvalue weighted by Crippen LogP contribution is 2.28. The summed E-state index contributed by atoms with van der Waals surface area (Å²) in [5.74, 6) is 1.16. The average molecular weight is 445 g/mol. The molecule has 0 spiro atoms. The molecule has 2 fully saturated rings. The van der Waals surface area contributed by atoms with Crippen molar-refractivity contribution in [2.24, 2.45) is 0 Å². The van der Waals surface area contributed by atoms with Crippen LogP contribution in [0.5, 0.6) is 0 Å². The maximum absolute atomic E-state index is 12.9. The van der Waals surface area contributed by atoms with Gasteiger partial charge in [-0.1, -0.05) is 0 Å². The van der Waals surface area contributed by atoms with E-state index in [1.165, 1.54) is 18.3 Å². The van der Waals surface area contributed by atoms with Crippen LogP contribution in [0.1, 0.15) is 67.4 Å². The van der Waals surface area contributed by atoms with Gasteiger partial charge in [-0.2, -0.15) is 0 Å². The fraction of sp³-hybridized carbons (Fsp3) is 0.591. The third-order valence-electron chi connectivity index (χ3n) is 6.03. The zero-order valence-electron chi connectivity index (χ0n) is 17.8. The molecule has 1 atom stereocenters. The number of Topliss-reactive ketones (excluding diaryl/α,β-unsaturated/α-hetero) is 1. The number of piperidine rings is 1. The number of aromatic nitrogens is 2. The van der Waals surface area contributed by atoms with E-state index in [-0.39, 0.29) is 23.6 Å². The van der Waals surface area contributed by atoms with E-state index in [1.807, 2.05) is 9.80 Å². The first-order chi connectivity index (χ1) is 15.0. The van der Waals surface area contributed by atoms with E-state index >= 15 is 0 Å². The highest BCUT2D eigenvalue weighted by molar-refractivity contribution is 7.17. The number of ketones is 1. The molecule has 166 valence electrons.